The molecular weight excluding hydrogens is 208 g/mol. The molecule has 15 heavy (non-hydrogen) atoms. The Bertz CT molecular complexity index is 418. The number of hydrogen-bond acceptors (Lipinski definition) is 3. The van der Waals surface area contributed by atoms with Crippen LogP contribution in [0, 0.1) is 10.1 Å². The minimum atomic E-state index is -2.90. The van der Waals surface area contributed by atoms with Crippen molar-refractivity contribution in [3.63, 3.8) is 0 Å². The molecule has 0 saturated heterocycles. The van der Waals surface area contributed by atoms with Gasteiger partial charge in [-0.15, -0.1) is 0 Å². The average Bonchev–Trinajstić information content (AvgIpc) is 2.16. The van der Waals surface area contributed by atoms with Crippen LogP contribution in [0.5, 0.6) is 0 Å². The van der Waals surface area contributed by atoms with Gasteiger partial charge in [-0.3, -0.25) is 14.9 Å². The molecule has 0 heterocycles. The Morgan fingerprint density at radius 3 is 2.47 bits per heavy atom. The van der Waals surface area contributed by atoms with Gasteiger partial charge in [0.05, 0.1) is 4.92 Å². The predicted molar refractivity (Wildman–Crippen MR) is 48.1 cm³/mol. The summed E-state index contributed by atoms with van der Waals surface area (Å²) < 4.78 is 24.9. The van der Waals surface area contributed by atoms with E-state index in [9.17, 15) is 23.7 Å². The standard InChI is InChI=1S/C9H7F2NO3/c1-5(13)8-6(9(10)11)3-2-4-7(8)12(14)15/h2-4,9H,1H3. The highest BCUT2D eigenvalue weighted by molar-refractivity contribution is 5.99. The summed E-state index contributed by atoms with van der Waals surface area (Å²) in [6, 6.07) is 3.17. The maximum Gasteiger partial charge on any atom is 0.280 e. The van der Waals surface area contributed by atoms with E-state index in [1.165, 1.54) is 0 Å². The summed E-state index contributed by atoms with van der Waals surface area (Å²) in [5, 5.41) is 10.5. The number of nitro benzene ring substituents is 1. The van der Waals surface area contributed by atoms with Gasteiger partial charge in [0.2, 0.25) is 0 Å². The Kier molecular flexibility index (Phi) is 3.08. The summed E-state index contributed by atoms with van der Waals surface area (Å²) in [6.07, 6.45) is -2.90. The average molecular weight is 215 g/mol. The van der Waals surface area contributed by atoms with E-state index in [2.05, 4.69) is 0 Å². The normalized spacial score (nSPS) is 10.4. The van der Waals surface area contributed by atoms with Gasteiger partial charge in [-0.1, -0.05) is 12.1 Å². The summed E-state index contributed by atoms with van der Waals surface area (Å²) in [6.45, 7) is 1.02. The Morgan fingerprint density at radius 1 is 1.47 bits per heavy atom. The number of alkyl halides is 2. The van der Waals surface area contributed by atoms with Crippen LogP contribution in [0.2, 0.25) is 0 Å². The first-order chi connectivity index (χ1) is 6.95. The molecule has 0 aromatic heterocycles. The second-order valence-corrected chi connectivity index (χ2v) is 2.86. The van der Waals surface area contributed by atoms with Crippen LogP contribution in [-0.2, 0) is 0 Å². The monoisotopic (exact) mass is 215 g/mol. The third-order valence-corrected chi connectivity index (χ3v) is 1.86. The first kappa shape index (κ1) is 11.2. The van der Waals surface area contributed by atoms with Gasteiger partial charge in [-0.05, 0) is 6.92 Å². The van der Waals surface area contributed by atoms with Crippen molar-refractivity contribution < 1.29 is 18.5 Å². The van der Waals surface area contributed by atoms with E-state index in [1.54, 1.807) is 0 Å². The quantitative estimate of drug-likeness (QED) is 0.442. The number of benzene rings is 1. The topological polar surface area (TPSA) is 60.2 Å². The molecule has 0 spiro atoms. The zero-order valence-electron chi connectivity index (χ0n) is 7.74. The summed E-state index contributed by atoms with van der Waals surface area (Å²) in [7, 11) is 0. The second kappa shape index (κ2) is 4.12. The number of hydrogen-bond donors (Lipinski definition) is 0. The van der Waals surface area contributed by atoms with Crippen LogP contribution in [0.4, 0.5) is 14.5 Å². The number of rotatable bonds is 3. The summed E-state index contributed by atoms with van der Waals surface area (Å²) >= 11 is 0. The third kappa shape index (κ3) is 2.15. The van der Waals surface area contributed by atoms with Crippen molar-refractivity contribution in [1.82, 2.24) is 0 Å². The first-order valence-electron chi connectivity index (χ1n) is 4.01. The van der Waals surface area contributed by atoms with Gasteiger partial charge in [0.25, 0.3) is 12.1 Å². The summed E-state index contributed by atoms with van der Waals surface area (Å²) in [5.41, 5.74) is -1.70. The van der Waals surface area contributed by atoms with E-state index in [0.29, 0.717) is 0 Å². The van der Waals surface area contributed by atoms with E-state index >= 15 is 0 Å². The van der Waals surface area contributed by atoms with Crippen LogP contribution < -0.4 is 0 Å². The Balaban J connectivity index is 3.48. The molecule has 0 saturated carbocycles. The predicted octanol–water partition coefficient (Wildman–Crippen LogP) is 2.74. The fraction of sp³-hybridized carbons (Fsp3) is 0.222. The van der Waals surface area contributed by atoms with Gasteiger partial charge < -0.3 is 0 Å². The number of ketones is 1. The lowest BCUT2D eigenvalue weighted by Crippen LogP contribution is -2.05. The number of carbonyl (C=O) groups excluding carboxylic acids is 1. The highest BCUT2D eigenvalue weighted by atomic mass is 19.3. The Morgan fingerprint density at radius 2 is 2.07 bits per heavy atom. The molecule has 1 aromatic rings. The van der Waals surface area contributed by atoms with E-state index in [4.69, 9.17) is 0 Å². The van der Waals surface area contributed by atoms with Crippen LogP contribution in [0.3, 0.4) is 0 Å². The second-order valence-electron chi connectivity index (χ2n) is 2.86. The minimum absolute atomic E-state index is 0.516. The number of nitrogens with zero attached hydrogens (tertiary/aromatic N) is 1. The highest BCUT2D eigenvalue weighted by Gasteiger charge is 2.25. The van der Waals surface area contributed by atoms with Crippen molar-refractivity contribution in [2.24, 2.45) is 0 Å². The largest absolute Gasteiger partial charge is 0.294 e. The molecule has 80 valence electrons. The molecule has 0 aliphatic carbocycles. The van der Waals surface area contributed by atoms with Crippen LogP contribution in [0.15, 0.2) is 18.2 Å². The molecule has 0 aliphatic heterocycles. The van der Waals surface area contributed by atoms with Gasteiger partial charge >= 0.3 is 0 Å². The Hall–Kier alpha value is -1.85. The molecule has 0 radical (unpaired) electrons. The molecule has 0 atom stereocenters. The number of carbonyl (C=O) groups is 1. The van der Waals surface area contributed by atoms with E-state index in [1.807, 2.05) is 0 Å². The fourth-order valence-electron chi connectivity index (χ4n) is 1.28. The summed E-state index contributed by atoms with van der Waals surface area (Å²) in [4.78, 5) is 20.7. The van der Waals surface area contributed by atoms with Crippen molar-refractivity contribution in [3.05, 3.63) is 39.4 Å². The van der Waals surface area contributed by atoms with Gasteiger partial charge in [0.1, 0.15) is 5.56 Å². The molecule has 1 aromatic carbocycles. The number of halogens is 2. The van der Waals surface area contributed by atoms with Crippen molar-refractivity contribution >= 4 is 11.5 Å². The highest BCUT2D eigenvalue weighted by Crippen LogP contribution is 2.29. The molecule has 6 heteroatoms. The van der Waals surface area contributed by atoms with Crippen molar-refractivity contribution in [3.8, 4) is 0 Å². The maximum atomic E-state index is 12.5. The molecule has 0 unspecified atom stereocenters. The molecule has 4 nitrogen and oxygen atoms in total. The molecule has 0 aliphatic rings. The zero-order valence-corrected chi connectivity index (χ0v) is 7.74. The SMILES string of the molecule is CC(=O)c1c(C(F)F)cccc1[N+](=O)[O-]. The molecule has 0 N–H and O–H groups in total. The van der Waals surface area contributed by atoms with Crippen LogP contribution in [0.1, 0.15) is 29.3 Å². The van der Waals surface area contributed by atoms with E-state index in [-0.39, 0.29) is 0 Å². The zero-order chi connectivity index (χ0) is 11.6. The summed E-state index contributed by atoms with van der Waals surface area (Å²) in [5.74, 6) is -0.738. The van der Waals surface area contributed by atoms with Crippen LogP contribution >= 0.6 is 0 Å². The number of nitro groups is 1. The lowest BCUT2D eigenvalue weighted by atomic mass is 10.0. The minimum Gasteiger partial charge on any atom is -0.294 e. The first-order valence-corrected chi connectivity index (χ1v) is 4.01. The molecular formula is C9H7F2NO3. The van der Waals surface area contributed by atoms with E-state index < -0.39 is 33.9 Å². The van der Waals surface area contributed by atoms with Crippen molar-refractivity contribution in [2.75, 3.05) is 0 Å². The van der Waals surface area contributed by atoms with Crippen molar-refractivity contribution in [2.45, 2.75) is 13.3 Å². The van der Waals surface area contributed by atoms with Gasteiger partial charge in [-0.25, -0.2) is 8.78 Å². The van der Waals surface area contributed by atoms with E-state index in [0.717, 1.165) is 25.1 Å². The molecule has 0 bridgehead atoms. The molecule has 0 amide bonds. The maximum absolute atomic E-state index is 12.5. The molecule has 1 rings (SSSR count). The molecule has 0 fully saturated rings. The number of Topliss-reactive ketones (excluding diaryl/α,β-unsaturated/α-hetero) is 1. The van der Waals surface area contributed by atoms with Gasteiger partial charge in [0.15, 0.2) is 5.78 Å². The van der Waals surface area contributed by atoms with Gasteiger partial charge in [-0.2, -0.15) is 0 Å². The Labute approximate surface area is 83.7 Å². The third-order valence-electron chi connectivity index (χ3n) is 1.86. The lowest BCUT2D eigenvalue weighted by Gasteiger charge is -2.05. The van der Waals surface area contributed by atoms with Crippen LogP contribution in [0.25, 0.3) is 0 Å². The smallest absolute Gasteiger partial charge is 0.280 e. The van der Waals surface area contributed by atoms with Crippen molar-refractivity contribution in [1.29, 1.82) is 0 Å². The van der Waals surface area contributed by atoms with Gasteiger partial charge in [0, 0.05) is 11.6 Å². The van der Waals surface area contributed by atoms with Crippen LogP contribution in [-0.4, -0.2) is 10.7 Å². The lowest BCUT2D eigenvalue weighted by molar-refractivity contribution is -0.385. The fourth-order valence-corrected chi connectivity index (χ4v) is 1.28.